The van der Waals surface area contributed by atoms with Crippen LogP contribution in [0.2, 0.25) is 5.02 Å². The second-order valence-corrected chi connectivity index (χ2v) is 7.35. The lowest BCUT2D eigenvalue weighted by Gasteiger charge is -2.17. The number of thiazole rings is 1. The van der Waals surface area contributed by atoms with E-state index in [1.54, 1.807) is 0 Å². The summed E-state index contributed by atoms with van der Waals surface area (Å²) in [4.78, 5) is 17.3. The number of rotatable bonds is 4. The number of hydrazine groups is 1. The van der Waals surface area contributed by atoms with Gasteiger partial charge in [-0.25, -0.2) is 10.4 Å². The highest BCUT2D eigenvalue weighted by molar-refractivity contribution is 7.14. The Morgan fingerprint density at radius 3 is 2.69 bits per heavy atom. The highest BCUT2D eigenvalue weighted by atomic mass is 35.5. The Bertz CT molecular complexity index is 897. The first-order chi connectivity index (χ1) is 12.7. The third-order valence-corrected chi connectivity index (χ3v) is 5.36. The molecule has 3 aromatic rings. The van der Waals surface area contributed by atoms with Gasteiger partial charge in [-0.1, -0.05) is 54.1 Å². The summed E-state index contributed by atoms with van der Waals surface area (Å²) in [7, 11) is 0. The number of carbonyl (C=O) groups is 1. The zero-order chi connectivity index (χ0) is 17.9. The molecular weight excluding hydrogens is 368 g/mol. The minimum absolute atomic E-state index is 0.0478. The zero-order valence-corrected chi connectivity index (χ0v) is 15.3. The van der Waals surface area contributed by atoms with Crippen LogP contribution in [0.4, 0.5) is 5.13 Å². The molecule has 2 atom stereocenters. The molecule has 1 aromatic heterocycles. The van der Waals surface area contributed by atoms with Gasteiger partial charge < -0.3 is 5.32 Å². The fraction of sp³-hybridized carbons (Fsp3) is 0.158. The van der Waals surface area contributed by atoms with Crippen LogP contribution in [0.5, 0.6) is 0 Å². The van der Waals surface area contributed by atoms with E-state index in [9.17, 15) is 4.79 Å². The number of anilines is 1. The largest absolute Gasteiger partial charge is 0.302 e. The summed E-state index contributed by atoms with van der Waals surface area (Å²) in [6.07, 6.45) is 0. The number of amides is 1. The molecule has 4 rings (SSSR count). The molecule has 5 nitrogen and oxygen atoms in total. The number of nitrogens with zero attached hydrogens (tertiary/aromatic N) is 1. The molecule has 2 unspecified atom stereocenters. The first-order valence-corrected chi connectivity index (χ1v) is 9.52. The summed E-state index contributed by atoms with van der Waals surface area (Å²) in [6, 6.07) is 17.4. The molecule has 1 aliphatic heterocycles. The van der Waals surface area contributed by atoms with Gasteiger partial charge >= 0.3 is 0 Å². The molecule has 3 N–H and O–H groups in total. The summed E-state index contributed by atoms with van der Waals surface area (Å²) < 4.78 is 0. The van der Waals surface area contributed by atoms with Gasteiger partial charge in [0.15, 0.2) is 5.13 Å². The van der Waals surface area contributed by atoms with E-state index in [-0.39, 0.29) is 17.9 Å². The summed E-state index contributed by atoms with van der Waals surface area (Å²) in [5.74, 6) is -0.256. The molecule has 2 heterocycles. The van der Waals surface area contributed by atoms with E-state index in [1.807, 2.05) is 60.0 Å². The third-order valence-electron chi connectivity index (χ3n) is 4.35. The summed E-state index contributed by atoms with van der Waals surface area (Å²) in [6.45, 7) is 0.570. The van der Waals surface area contributed by atoms with Crippen molar-refractivity contribution in [2.24, 2.45) is 5.92 Å². The lowest BCUT2D eigenvalue weighted by molar-refractivity contribution is -0.119. The smallest absolute Gasteiger partial charge is 0.232 e. The fourth-order valence-corrected chi connectivity index (χ4v) is 3.85. The van der Waals surface area contributed by atoms with E-state index in [1.165, 1.54) is 11.3 Å². The molecule has 0 radical (unpaired) electrons. The Balaban J connectivity index is 1.47. The summed E-state index contributed by atoms with van der Waals surface area (Å²) in [5, 5.41) is 6.16. The van der Waals surface area contributed by atoms with E-state index in [2.05, 4.69) is 21.2 Å². The molecule has 132 valence electrons. The van der Waals surface area contributed by atoms with Crippen molar-refractivity contribution in [2.45, 2.75) is 6.04 Å². The lowest BCUT2D eigenvalue weighted by Crippen LogP contribution is -2.29. The van der Waals surface area contributed by atoms with Crippen LogP contribution < -0.4 is 16.2 Å². The average molecular weight is 385 g/mol. The molecule has 0 saturated carbocycles. The fourth-order valence-electron chi connectivity index (χ4n) is 3.00. The molecule has 7 heteroatoms. The molecule has 0 spiro atoms. The standard InChI is InChI=1S/C19H17ClN4OS/c20-14-8-6-12(7-9-14)16-11-26-19(22-16)23-18(25)15-10-21-24-17(15)13-4-2-1-3-5-13/h1-9,11,15,17,21,24H,10H2,(H,22,23,25). The van der Waals surface area contributed by atoms with Gasteiger partial charge in [0, 0.05) is 22.5 Å². The van der Waals surface area contributed by atoms with Gasteiger partial charge in [-0.3, -0.25) is 10.2 Å². The number of halogens is 1. The number of benzene rings is 2. The van der Waals surface area contributed by atoms with Crippen molar-refractivity contribution in [3.63, 3.8) is 0 Å². The highest BCUT2D eigenvalue weighted by Crippen LogP contribution is 2.29. The van der Waals surface area contributed by atoms with Crippen molar-refractivity contribution in [1.29, 1.82) is 0 Å². The number of nitrogens with one attached hydrogen (secondary N) is 3. The van der Waals surface area contributed by atoms with Gasteiger partial charge in [0.1, 0.15) is 0 Å². The molecule has 1 fully saturated rings. The SMILES string of the molecule is O=C(Nc1nc(-c2ccc(Cl)cc2)cs1)C1CNNC1c1ccccc1. The first-order valence-electron chi connectivity index (χ1n) is 8.26. The van der Waals surface area contributed by atoms with Gasteiger partial charge in [-0.2, -0.15) is 0 Å². The van der Waals surface area contributed by atoms with E-state index >= 15 is 0 Å². The van der Waals surface area contributed by atoms with Crippen molar-refractivity contribution in [3.8, 4) is 11.3 Å². The molecule has 0 bridgehead atoms. The van der Waals surface area contributed by atoms with Crippen molar-refractivity contribution < 1.29 is 4.79 Å². The van der Waals surface area contributed by atoms with Crippen LogP contribution in [0.3, 0.4) is 0 Å². The number of carbonyl (C=O) groups excluding carboxylic acids is 1. The summed E-state index contributed by atoms with van der Waals surface area (Å²) >= 11 is 7.34. The highest BCUT2D eigenvalue weighted by Gasteiger charge is 2.34. The number of aromatic nitrogens is 1. The van der Waals surface area contributed by atoms with Crippen LogP contribution in [0.15, 0.2) is 60.0 Å². The van der Waals surface area contributed by atoms with Crippen molar-refractivity contribution >= 4 is 34.0 Å². The monoisotopic (exact) mass is 384 g/mol. The molecule has 1 amide bonds. The molecule has 1 saturated heterocycles. The normalized spacial score (nSPS) is 19.4. The minimum Gasteiger partial charge on any atom is -0.302 e. The van der Waals surface area contributed by atoms with E-state index in [0.29, 0.717) is 16.7 Å². The van der Waals surface area contributed by atoms with Gasteiger partial charge in [0.25, 0.3) is 0 Å². The molecule has 2 aromatic carbocycles. The van der Waals surface area contributed by atoms with Crippen LogP contribution >= 0.6 is 22.9 Å². The minimum atomic E-state index is -0.208. The van der Waals surface area contributed by atoms with Crippen molar-refractivity contribution in [1.82, 2.24) is 15.8 Å². The van der Waals surface area contributed by atoms with Crippen molar-refractivity contribution in [2.75, 3.05) is 11.9 Å². The first kappa shape index (κ1) is 17.2. The summed E-state index contributed by atoms with van der Waals surface area (Å²) in [5.41, 5.74) is 9.14. The second-order valence-electron chi connectivity index (χ2n) is 6.05. The van der Waals surface area contributed by atoms with Crippen LogP contribution in [-0.2, 0) is 4.79 Å². The van der Waals surface area contributed by atoms with Crippen molar-refractivity contribution in [3.05, 3.63) is 70.6 Å². The maximum atomic E-state index is 12.7. The van der Waals surface area contributed by atoms with E-state index in [4.69, 9.17) is 11.6 Å². The Hall–Kier alpha value is -2.25. The maximum absolute atomic E-state index is 12.7. The van der Waals surface area contributed by atoms with Gasteiger partial charge in [-0.05, 0) is 17.7 Å². The number of hydrogen-bond acceptors (Lipinski definition) is 5. The van der Waals surface area contributed by atoms with Crippen LogP contribution in [0.25, 0.3) is 11.3 Å². The molecule has 0 aliphatic carbocycles. The Morgan fingerprint density at radius 2 is 1.92 bits per heavy atom. The zero-order valence-electron chi connectivity index (χ0n) is 13.8. The van der Waals surface area contributed by atoms with Gasteiger partial charge in [0.2, 0.25) is 5.91 Å². The molecule has 1 aliphatic rings. The van der Waals surface area contributed by atoms with Gasteiger partial charge in [-0.15, -0.1) is 11.3 Å². The topological polar surface area (TPSA) is 66.0 Å². The Labute approximate surface area is 160 Å². The maximum Gasteiger partial charge on any atom is 0.232 e. The Morgan fingerprint density at radius 1 is 1.15 bits per heavy atom. The van der Waals surface area contributed by atoms with Crippen LogP contribution in [0, 0.1) is 5.92 Å². The second kappa shape index (κ2) is 7.55. The predicted molar refractivity (Wildman–Crippen MR) is 105 cm³/mol. The quantitative estimate of drug-likeness (QED) is 0.639. The predicted octanol–water partition coefficient (Wildman–Crippen LogP) is 3.87. The third kappa shape index (κ3) is 3.64. The molecule has 26 heavy (non-hydrogen) atoms. The van der Waals surface area contributed by atoms with Gasteiger partial charge in [0.05, 0.1) is 17.7 Å². The van der Waals surface area contributed by atoms with Crippen LogP contribution in [-0.4, -0.2) is 17.4 Å². The van der Waals surface area contributed by atoms with Crippen LogP contribution in [0.1, 0.15) is 11.6 Å². The van der Waals surface area contributed by atoms with E-state index < -0.39 is 0 Å². The lowest BCUT2D eigenvalue weighted by atomic mass is 9.94. The molecular formula is C19H17ClN4OS. The van der Waals surface area contributed by atoms with E-state index in [0.717, 1.165) is 16.8 Å². The number of hydrogen-bond donors (Lipinski definition) is 3. The Kier molecular flexibility index (Phi) is 4.99. The average Bonchev–Trinajstić information content (AvgIpc) is 3.32.